The Morgan fingerprint density at radius 2 is 1.34 bits per heavy atom. The van der Waals surface area contributed by atoms with Gasteiger partial charge < -0.3 is 14.2 Å². The Morgan fingerprint density at radius 1 is 0.793 bits per heavy atom. The zero-order valence-electron chi connectivity index (χ0n) is 15.8. The van der Waals surface area contributed by atoms with Crippen LogP contribution >= 0.6 is 0 Å². The first kappa shape index (κ1) is 20.1. The van der Waals surface area contributed by atoms with E-state index in [9.17, 15) is 14.0 Å². The number of hydrogen-bond donors (Lipinski definition) is 0. The molecule has 6 heteroatoms. The van der Waals surface area contributed by atoms with Gasteiger partial charge in [-0.1, -0.05) is 12.1 Å². The molecule has 5 nitrogen and oxygen atoms in total. The molecule has 0 aliphatic carbocycles. The van der Waals surface area contributed by atoms with Crippen molar-refractivity contribution in [3.63, 3.8) is 0 Å². The van der Waals surface area contributed by atoms with E-state index in [1.807, 2.05) is 13.0 Å². The second-order valence-corrected chi connectivity index (χ2v) is 6.00. The second-order valence-electron chi connectivity index (χ2n) is 6.00. The number of ketones is 1. The summed E-state index contributed by atoms with van der Waals surface area (Å²) in [5.41, 5.74) is 0.774. The molecule has 0 saturated carbocycles. The van der Waals surface area contributed by atoms with E-state index in [0.717, 1.165) is 0 Å². The highest BCUT2D eigenvalue weighted by Gasteiger charge is 2.12. The molecule has 0 amide bonds. The standard InChI is InChI=1S/C23H19FO5/c1-2-27-20-5-3-4-6-21(20)28-15-22(25)29-19-13-9-17(10-14-19)23(26)16-7-11-18(24)12-8-16/h3-14H,2,15H2,1H3. The SMILES string of the molecule is CCOc1ccccc1OCC(=O)Oc1ccc(C(=O)c2ccc(F)cc2)cc1. The molecule has 0 aromatic heterocycles. The number of benzene rings is 3. The largest absolute Gasteiger partial charge is 0.490 e. The maximum Gasteiger partial charge on any atom is 0.349 e. The van der Waals surface area contributed by atoms with Crippen LogP contribution in [0.1, 0.15) is 22.8 Å². The van der Waals surface area contributed by atoms with Crippen molar-refractivity contribution >= 4 is 11.8 Å². The average molecular weight is 394 g/mol. The van der Waals surface area contributed by atoms with Gasteiger partial charge in [0.1, 0.15) is 11.6 Å². The number of halogens is 1. The Balaban J connectivity index is 1.57. The summed E-state index contributed by atoms with van der Waals surface area (Å²) in [6.45, 7) is 2.05. The molecular formula is C23H19FO5. The Labute approximate surface area is 167 Å². The summed E-state index contributed by atoms with van der Waals surface area (Å²) in [6.07, 6.45) is 0. The molecule has 3 aromatic rings. The Hall–Kier alpha value is -3.67. The van der Waals surface area contributed by atoms with E-state index in [-0.39, 0.29) is 18.1 Å². The van der Waals surface area contributed by atoms with Gasteiger partial charge in [0, 0.05) is 11.1 Å². The van der Waals surface area contributed by atoms with E-state index in [2.05, 4.69) is 0 Å². The molecule has 0 spiro atoms. The lowest BCUT2D eigenvalue weighted by Gasteiger charge is -2.11. The van der Waals surface area contributed by atoms with Gasteiger partial charge in [-0.25, -0.2) is 9.18 Å². The van der Waals surface area contributed by atoms with Gasteiger partial charge in [-0.15, -0.1) is 0 Å². The summed E-state index contributed by atoms with van der Waals surface area (Å²) < 4.78 is 29.1. The highest BCUT2D eigenvalue weighted by Crippen LogP contribution is 2.26. The lowest BCUT2D eigenvalue weighted by atomic mass is 10.0. The fourth-order valence-electron chi connectivity index (χ4n) is 2.58. The fraction of sp³-hybridized carbons (Fsp3) is 0.130. The number of carbonyl (C=O) groups excluding carboxylic acids is 2. The van der Waals surface area contributed by atoms with Gasteiger partial charge in [0.25, 0.3) is 0 Å². The molecule has 0 bridgehead atoms. The number of para-hydroxylation sites is 2. The predicted molar refractivity (Wildman–Crippen MR) is 105 cm³/mol. The third-order valence-corrected chi connectivity index (χ3v) is 3.95. The third-order valence-electron chi connectivity index (χ3n) is 3.95. The van der Waals surface area contributed by atoms with Gasteiger partial charge in [0.15, 0.2) is 23.9 Å². The molecule has 0 N–H and O–H groups in total. The lowest BCUT2D eigenvalue weighted by molar-refractivity contribution is -0.136. The van der Waals surface area contributed by atoms with Crippen molar-refractivity contribution < 1.29 is 28.2 Å². The molecule has 29 heavy (non-hydrogen) atoms. The minimum atomic E-state index is -0.589. The zero-order chi connectivity index (χ0) is 20.6. The minimum Gasteiger partial charge on any atom is -0.490 e. The number of carbonyl (C=O) groups is 2. The highest BCUT2D eigenvalue weighted by atomic mass is 19.1. The van der Waals surface area contributed by atoms with Crippen LogP contribution in [0.4, 0.5) is 4.39 Å². The smallest absolute Gasteiger partial charge is 0.349 e. The topological polar surface area (TPSA) is 61.8 Å². The van der Waals surface area contributed by atoms with Crippen molar-refractivity contribution in [2.45, 2.75) is 6.92 Å². The maximum absolute atomic E-state index is 13.0. The van der Waals surface area contributed by atoms with Crippen LogP contribution in [0.25, 0.3) is 0 Å². The first-order valence-electron chi connectivity index (χ1n) is 9.02. The maximum atomic E-state index is 13.0. The molecule has 0 heterocycles. The average Bonchev–Trinajstić information content (AvgIpc) is 2.74. The zero-order valence-corrected chi connectivity index (χ0v) is 15.8. The molecular weight excluding hydrogens is 375 g/mol. The summed E-state index contributed by atoms with van der Waals surface area (Å²) >= 11 is 0. The van der Waals surface area contributed by atoms with E-state index in [1.165, 1.54) is 36.4 Å². The van der Waals surface area contributed by atoms with Crippen LogP contribution in [-0.4, -0.2) is 25.0 Å². The lowest BCUT2D eigenvalue weighted by Crippen LogP contribution is -2.18. The summed E-state index contributed by atoms with van der Waals surface area (Å²) in [4.78, 5) is 24.4. The van der Waals surface area contributed by atoms with Crippen molar-refractivity contribution in [3.05, 3.63) is 89.7 Å². The quantitative estimate of drug-likeness (QED) is 0.321. The van der Waals surface area contributed by atoms with Gasteiger partial charge in [-0.3, -0.25) is 4.79 Å². The van der Waals surface area contributed by atoms with Crippen molar-refractivity contribution in [1.29, 1.82) is 0 Å². The molecule has 0 radical (unpaired) electrons. The summed E-state index contributed by atoms with van der Waals surface area (Å²) in [6, 6.07) is 18.5. The molecule has 0 saturated heterocycles. The first-order valence-corrected chi connectivity index (χ1v) is 9.02. The third kappa shape index (κ3) is 5.42. The van der Waals surface area contributed by atoms with Gasteiger partial charge in [-0.2, -0.15) is 0 Å². The molecule has 0 aliphatic rings. The van der Waals surface area contributed by atoms with E-state index < -0.39 is 11.8 Å². The number of rotatable bonds is 8. The van der Waals surface area contributed by atoms with Crippen LogP contribution in [0.5, 0.6) is 17.2 Å². The Morgan fingerprint density at radius 3 is 1.93 bits per heavy atom. The normalized spacial score (nSPS) is 10.3. The monoisotopic (exact) mass is 394 g/mol. The Kier molecular flexibility index (Phi) is 6.58. The molecule has 3 rings (SSSR count). The van der Waals surface area contributed by atoms with Crippen molar-refractivity contribution in [2.75, 3.05) is 13.2 Å². The second kappa shape index (κ2) is 9.50. The first-order chi connectivity index (χ1) is 14.1. The Bertz CT molecular complexity index is 981. The highest BCUT2D eigenvalue weighted by molar-refractivity contribution is 6.09. The van der Waals surface area contributed by atoms with Gasteiger partial charge >= 0.3 is 5.97 Å². The molecule has 0 aliphatic heterocycles. The summed E-state index contributed by atoms with van der Waals surface area (Å²) in [5.74, 6) is 0.0351. The van der Waals surface area contributed by atoms with Crippen LogP contribution in [0.2, 0.25) is 0 Å². The van der Waals surface area contributed by atoms with Crippen molar-refractivity contribution in [2.24, 2.45) is 0 Å². The van der Waals surface area contributed by atoms with Crippen LogP contribution in [0.15, 0.2) is 72.8 Å². The van der Waals surface area contributed by atoms with Gasteiger partial charge in [0.2, 0.25) is 0 Å². The van der Waals surface area contributed by atoms with E-state index >= 15 is 0 Å². The molecule has 0 unspecified atom stereocenters. The summed E-state index contributed by atoms with van der Waals surface area (Å²) in [7, 11) is 0. The van der Waals surface area contributed by atoms with Crippen molar-refractivity contribution in [1.82, 2.24) is 0 Å². The van der Waals surface area contributed by atoms with Crippen LogP contribution in [0.3, 0.4) is 0 Å². The number of hydrogen-bond acceptors (Lipinski definition) is 5. The molecule has 0 fully saturated rings. The minimum absolute atomic E-state index is 0.251. The van der Waals surface area contributed by atoms with Gasteiger partial charge in [-0.05, 0) is 67.6 Å². The molecule has 148 valence electrons. The molecule has 0 atom stereocenters. The number of ether oxygens (including phenoxy) is 3. The number of esters is 1. The van der Waals surface area contributed by atoms with E-state index in [4.69, 9.17) is 14.2 Å². The molecule has 3 aromatic carbocycles. The van der Waals surface area contributed by atoms with Crippen LogP contribution in [-0.2, 0) is 4.79 Å². The van der Waals surface area contributed by atoms with Crippen LogP contribution in [0, 0.1) is 5.82 Å². The summed E-state index contributed by atoms with van der Waals surface area (Å²) in [5, 5.41) is 0. The van der Waals surface area contributed by atoms with Crippen LogP contribution < -0.4 is 14.2 Å². The van der Waals surface area contributed by atoms with Gasteiger partial charge in [0.05, 0.1) is 6.61 Å². The van der Waals surface area contributed by atoms with Crippen molar-refractivity contribution in [3.8, 4) is 17.2 Å². The van der Waals surface area contributed by atoms with E-state index in [0.29, 0.717) is 29.2 Å². The predicted octanol–water partition coefficient (Wildman–Crippen LogP) is 4.44. The fourth-order valence-corrected chi connectivity index (χ4v) is 2.58. The van der Waals surface area contributed by atoms with E-state index in [1.54, 1.807) is 30.3 Å².